The molecular formula is C11H15BrN2O3S. The van der Waals surface area contributed by atoms with Crippen LogP contribution in [0.3, 0.4) is 0 Å². The summed E-state index contributed by atoms with van der Waals surface area (Å²) in [6.45, 7) is 2.40. The zero-order chi connectivity index (χ0) is 13.7. The lowest BCUT2D eigenvalue weighted by molar-refractivity contribution is -0.385. The highest BCUT2D eigenvalue weighted by atomic mass is 79.9. The van der Waals surface area contributed by atoms with Crippen molar-refractivity contribution in [2.45, 2.75) is 13.3 Å². The third kappa shape index (κ3) is 4.38. The standard InChI is InChI=1S/C11H15BrN2O3S/c1-8-6-10(13-4-3-5-18(2)17)9(12)7-11(8)14(15)16/h6-7,13H,3-5H2,1-2H3. The minimum atomic E-state index is -0.784. The normalized spacial score (nSPS) is 12.2. The van der Waals surface area contributed by atoms with Crippen molar-refractivity contribution in [3.63, 3.8) is 0 Å². The molecule has 100 valence electrons. The lowest BCUT2D eigenvalue weighted by Crippen LogP contribution is -2.07. The van der Waals surface area contributed by atoms with Crippen molar-refractivity contribution in [3.05, 3.63) is 32.3 Å². The van der Waals surface area contributed by atoms with Crippen LogP contribution in [-0.4, -0.2) is 27.7 Å². The molecule has 0 spiro atoms. The first-order chi connectivity index (χ1) is 8.41. The first-order valence-electron chi connectivity index (χ1n) is 5.40. The first kappa shape index (κ1) is 15.1. The van der Waals surface area contributed by atoms with E-state index in [9.17, 15) is 14.3 Å². The zero-order valence-corrected chi connectivity index (χ0v) is 12.6. The highest BCUT2D eigenvalue weighted by molar-refractivity contribution is 9.10. The average molecular weight is 335 g/mol. The van der Waals surface area contributed by atoms with E-state index in [0.29, 0.717) is 22.3 Å². The van der Waals surface area contributed by atoms with Crippen molar-refractivity contribution < 1.29 is 9.13 Å². The second-order valence-corrected chi connectivity index (χ2v) is 6.34. The lowest BCUT2D eigenvalue weighted by atomic mass is 10.2. The van der Waals surface area contributed by atoms with Crippen LogP contribution in [-0.2, 0) is 10.8 Å². The molecule has 0 heterocycles. The largest absolute Gasteiger partial charge is 0.384 e. The maximum atomic E-state index is 10.9. The Kier molecular flexibility index (Phi) is 5.74. The highest BCUT2D eigenvalue weighted by Gasteiger charge is 2.13. The van der Waals surface area contributed by atoms with Gasteiger partial charge in [0, 0.05) is 51.1 Å². The topological polar surface area (TPSA) is 72.2 Å². The van der Waals surface area contributed by atoms with Crippen LogP contribution < -0.4 is 5.32 Å². The predicted molar refractivity (Wildman–Crippen MR) is 77.6 cm³/mol. The van der Waals surface area contributed by atoms with Gasteiger partial charge in [-0.1, -0.05) is 0 Å². The Balaban J connectivity index is 2.70. The molecule has 7 heteroatoms. The summed E-state index contributed by atoms with van der Waals surface area (Å²) in [6.07, 6.45) is 2.47. The molecular weight excluding hydrogens is 320 g/mol. The van der Waals surface area contributed by atoms with Gasteiger partial charge in [-0.25, -0.2) is 0 Å². The van der Waals surface area contributed by atoms with E-state index in [-0.39, 0.29) is 5.69 Å². The van der Waals surface area contributed by atoms with Crippen LogP contribution in [0.4, 0.5) is 11.4 Å². The number of rotatable bonds is 6. The fourth-order valence-corrected chi connectivity index (χ4v) is 2.52. The van der Waals surface area contributed by atoms with Gasteiger partial charge in [0.15, 0.2) is 0 Å². The van der Waals surface area contributed by atoms with Gasteiger partial charge < -0.3 is 5.32 Å². The van der Waals surface area contributed by atoms with Crippen LogP contribution in [0.1, 0.15) is 12.0 Å². The van der Waals surface area contributed by atoms with Gasteiger partial charge in [-0.15, -0.1) is 0 Å². The summed E-state index contributed by atoms with van der Waals surface area (Å²) in [5, 5.41) is 13.9. The molecule has 0 saturated heterocycles. The van der Waals surface area contributed by atoms with Crippen molar-refractivity contribution >= 4 is 38.1 Å². The Hall–Kier alpha value is -0.950. The molecule has 1 aromatic rings. The van der Waals surface area contributed by atoms with Crippen LogP contribution in [0.15, 0.2) is 16.6 Å². The maximum Gasteiger partial charge on any atom is 0.273 e. The maximum absolute atomic E-state index is 10.9. The number of hydrogen-bond acceptors (Lipinski definition) is 4. The summed E-state index contributed by atoms with van der Waals surface area (Å²) in [6, 6.07) is 3.24. The number of halogens is 1. The van der Waals surface area contributed by atoms with E-state index in [0.717, 1.165) is 12.1 Å². The first-order valence-corrected chi connectivity index (χ1v) is 7.92. The Morgan fingerprint density at radius 3 is 2.72 bits per heavy atom. The van der Waals surface area contributed by atoms with E-state index >= 15 is 0 Å². The number of hydrogen-bond donors (Lipinski definition) is 1. The molecule has 1 N–H and O–H groups in total. The molecule has 0 saturated carbocycles. The van der Waals surface area contributed by atoms with E-state index < -0.39 is 15.7 Å². The van der Waals surface area contributed by atoms with Crippen molar-refractivity contribution in [2.24, 2.45) is 0 Å². The molecule has 0 aliphatic carbocycles. The number of nitrogens with one attached hydrogen (secondary N) is 1. The zero-order valence-electron chi connectivity index (χ0n) is 10.2. The summed E-state index contributed by atoms with van der Waals surface area (Å²) >= 11 is 3.30. The molecule has 1 rings (SSSR count). The highest BCUT2D eigenvalue weighted by Crippen LogP contribution is 2.30. The van der Waals surface area contributed by atoms with Gasteiger partial charge in [0.25, 0.3) is 5.69 Å². The second kappa shape index (κ2) is 6.84. The van der Waals surface area contributed by atoms with Gasteiger partial charge in [0.05, 0.1) is 4.92 Å². The van der Waals surface area contributed by atoms with Crippen LogP contribution in [0.25, 0.3) is 0 Å². The van der Waals surface area contributed by atoms with Gasteiger partial charge in [-0.05, 0) is 35.3 Å². The second-order valence-electron chi connectivity index (χ2n) is 3.93. The average Bonchev–Trinajstić information content (AvgIpc) is 2.27. The number of nitrogens with zero attached hydrogens (tertiary/aromatic N) is 1. The number of aryl methyl sites for hydroxylation is 1. The molecule has 0 aliphatic rings. The van der Waals surface area contributed by atoms with Crippen LogP contribution in [0.2, 0.25) is 0 Å². The Labute approximate surface area is 117 Å². The molecule has 0 radical (unpaired) electrons. The lowest BCUT2D eigenvalue weighted by Gasteiger charge is -2.09. The summed E-state index contributed by atoms with van der Waals surface area (Å²) in [7, 11) is -0.784. The molecule has 0 aromatic heterocycles. The van der Waals surface area contributed by atoms with Gasteiger partial charge in [0.2, 0.25) is 0 Å². The SMILES string of the molecule is Cc1cc(NCCCS(C)=O)c(Br)cc1[N+](=O)[O-]. The molecule has 1 atom stereocenters. The Bertz CT molecular complexity index is 480. The van der Waals surface area contributed by atoms with Gasteiger partial charge in [-0.2, -0.15) is 0 Å². The third-order valence-corrected chi connectivity index (χ3v) is 3.93. The van der Waals surface area contributed by atoms with E-state index in [1.165, 1.54) is 6.07 Å². The van der Waals surface area contributed by atoms with Crippen LogP contribution in [0.5, 0.6) is 0 Å². The number of benzene rings is 1. The van der Waals surface area contributed by atoms with E-state index in [2.05, 4.69) is 21.2 Å². The Morgan fingerprint density at radius 2 is 2.17 bits per heavy atom. The Morgan fingerprint density at radius 1 is 1.50 bits per heavy atom. The fourth-order valence-electron chi connectivity index (χ4n) is 1.50. The van der Waals surface area contributed by atoms with Crippen molar-refractivity contribution in [1.29, 1.82) is 0 Å². The summed E-state index contributed by atoms with van der Waals surface area (Å²) in [4.78, 5) is 10.4. The van der Waals surface area contributed by atoms with Crippen LogP contribution >= 0.6 is 15.9 Å². The fraction of sp³-hybridized carbons (Fsp3) is 0.455. The molecule has 0 fully saturated rings. The van der Waals surface area contributed by atoms with E-state index in [1.54, 1.807) is 19.2 Å². The van der Waals surface area contributed by atoms with E-state index in [4.69, 9.17) is 0 Å². The summed E-state index contributed by atoms with van der Waals surface area (Å²) in [5.74, 6) is 0.649. The molecule has 18 heavy (non-hydrogen) atoms. The minimum absolute atomic E-state index is 0.0992. The quantitative estimate of drug-likeness (QED) is 0.493. The molecule has 5 nitrogen and oxygen atoms in total. The molecule has 0 bridgehead atoms. The number of anilines is 1. The van der Waals surface area contributed by atoms with Gasteiger partial charge in [0.1, 0.15) is 0 Å². The number of nitro benzene ring substituents is 1. The van der Waals surface area contributed by atoms with Crippen molar-refractivity contribution in [1.82, 2.24) is 0 Å². The molecule has 1 unspecified atom stereocenters. The van der Waals surface area contributed by atoms with Crippen molar-refractivity contribution in [2.75, 3.05) is 23.9 Å². The van der Waals surface area contributed by atoms with Crippen molar-refractivity contribution in [3.8, 4) is 0 Å². The number of nitro groups is 1. The molecule has 1 aromatic carbocycles. The summed E-state index contributed by atoms with van der Waals surface area (Å²) < 4.78 is 11.6. The van der Waals surface area contributed by atoms with E-state index in [1.807, 2.05) is 0 Å². The van der Waals surface area contributed by atoms with Crippen LogP contribution in [0, 0.1) is 17.0 Å². The molecule has 0 aliphatic heterocycles. The van der Waals surface area contributed by atoms with Gasteiger partial charge in [-0.3, -0.25) is 14.3 Å². The van der Waals surface area contributed by atoms with Gasteiger partial charge >= 0.3 is 0 Å². The molecule has 0 amide bonds. The third-order valence-electron chi connectivity index (χ3n) is 2.41. The minimum Gasteiger partial charge on any atom is -0.384 e. The monoisotopic (exact) mass is 334 g/mol. The smallest absolute Gasteiger partial charge is 0.273 e. The summed E-state index contributed by atoms with van der Waals surface area (Å²) in [5.41, 5.74) is 1.53. The predicted octanol–water partition coefficient (Wildman–Crippen LogP) is 2.85.